The van der Waals surface area contributed by atoms with Crippen molar-refractivity contribution < 1.29 is 5.11 Å². The van der Waals surface area contributed by atoms with Crippen molar-refractivity contribution in [3.05, 3.63) is 35.9 Å². The molecule has 0 saturated carbocycles. The van der Waals surface area contributed by atoms with Gasteiger partial charge in [0.1, 0.15) is 0 Å². The molecular weight excluding hydrogens is 266 g/mol. The molecule has 1 unspecified atom stereocenters. The second kappa shape index (κ2) is 9.43. The maximum Gasteiger partial charge on any atom is 0.0438 e. The molecule has 20 heavy (non-hydrogen) atoms. The minimum atomic E-state index is 0.206. The number of nitrogens with one attached hydrogen (secondary N) is 1. The van der Waals surface area contributed by atoms with Gasteiger partial charge in [0.05, 0.1) is 0 Å². The summed E-state index contributed by atoms with van der Waals surface area (Å²) in [6.45, 7) is 8.25. The van der Waals surface area contributed by atoms with Crippen LogP contribution in [0.1, 0.15) is 39.2 Å². The Morgan fingerprint density at radius 1 is 1.20 bits per heavy atom. The van der Waals surface area contributed by atoms with Crippen LogP contribution in [-0.2, 0) is 5.41 Å². The van der Waals surface area contributed by atoms with E-state index in [2.05, 4.69) is 56.4 Å². The molecule has 1 aromatic carbocycles. The van der Waals surface area contributed by atoms with Crippen LogP contribution in [0.2, 0.25) is 0 Å². The third kappa shape index (κ3) is 6.78. The molecule has 0 fully saturated rings. The predicted molar refractivity (Wildman–Crippen MR) is 90.6 cm³/mol. The first-order valence-corrected chi connectivity index (χ1v) is 8.69. The average molecular weight is 295 g/mol. The Hall–Kier alpha value is -0.510. The Bertz CT molecular complexity index is 353. The number of aliphatic hydroxyl groups excluding tert-OH is 1. The van der Waals surface area contributed by atoms with Gasteiger partial charge in [0.25, 0.3) is 0 Å². The van der Waals surface area contributed by atoms with Crippen LogP contribution in [0.25, 0.3) is 0 Å². The molecule has 1 rings (SSSR count). The summed E-state index contributed by atoms with van der Waals surface area (Å²) in [5.41, 5.74) is 1.61. The van der Waals surface area contributed by atoms with E-state index in [1.165, 1.54) is 5.56 Å². The summed E-state index contributed by atoms with van der Waals surface area (Å²) < 4.78 is 0. The van der Waals surface area contributed by atoms with Crippen molar-refractivity contribution in [1.29, 1.82) is 0 Å². The molecule has 2 nitrogen and oxygen atoms in total. The van der Waals surface area contributed by atoms with E-state index in [1.54, 1.807) is 0 Å². The molecule has 0 radical (unpaired) electrons. The topological polar surface area (TPSA) is 32.3 Å². The van der Waals surface area contributed by atoms with Crippen LogP contribution in [0.3, 0.4) is 0 Å². The van der Waals surface area contributed by atoms with E-state index in [0.29, 0.717) is 12.6 Å². The van der Waals surface area contributed by atoms with E-state index in [-0.39, 0.29) is 5.41 Å². The molecule has 3 heteroatoms. The largest absolute Gasteiger partial charge is 0.396 e. The molecule has 0 saturated heterocycles. The third-order valence-electron chi connectivity index (χ3n) is 3.56. The summed E-state index contributed by atoms with van der Waals surface area (Å²) in [4.78, 5) is 0. The van der Waals surface area contributed by atoms with Crippen LogP contribution in [-0.4, -0.2) is 35.8 Å². The molecule has 1 aromatic rings. The lowest BCUT2D eigenvalue weighted by atomic mass is 9.79. The van der Waals surface area contributed by atoms with Gasteiger partial charge < -0.3 is 10.4 Å². The molecule has 114 valence electrons. The van der Waals surface area contributed by atoms with E-state index < -0.39 is 0 Å². The maximum absolute atomic E-state index is 8.72. The lowest BCUT2D eigenvalue weighted by molar-refractivity contribution is 0.296. The van der Waals surface area contributed by atoms with Gasteiger partial charge in [-0.2, -0.15) is 11.8 Å². The van der Waals surface area contributed by atoms with Gasteiger partial charge in [0, 0.05) is 24.9 Å². The van der Waals surface area contributed by atoms with Crippen molar-refractivity contribution in [2.24, 2.45) is 0 Å². The first kappa shape index (κ1) is 17.5. The zero-order chi connectivity index (χ0) is 14.8. The highest BCUT2D eigenvalue weighted by atomic mass is 32.2. The van der Waals surface area contributed by atoms with Crippen molar-refractivity contribution in [2.45, 2.75) is 45.1 Å². The van der Waals surface area contributed by atoms with Crippen molar-refractivity contribution in [2.75, 3.05) is 24.7 Å². The normalized spacial score (nSPS) is 13.4. The van der Waals surface area contributed by atoms with Crippen LogP contribution < -0.4 is 5.32 Å². The van der Waals surface area contributed by atoms with E-state index in [1.807, 2.05) is 11.8 Å². The minimum Gasteiger partial charge on any atom is -0.396 e. The van der Waals surface area contributed by atoms with Crippen LogP contribution >= 0.6 is 11.8 Å². The summed E-state index contributed by atoms with van der Waals surface area (Å²) in [6.07, 6.45) is 2.04. The molecule has 0 aliphatic heterocycles. The van der Waals surface area contributed by atoms with Crippen molar-refractivity contribution in [3.8, 4) is 0 Å². The number of hydrogen-bond donors (Lipinski definition) is 2. The van der Waals surface area contributed by atoms with Gasteiger partial charge in [-0.1, -0.05) is 44.2 Å². The van der Waals surface area contributed by atoms with E-state index in [0.717, 1.165) is 30.9 Å². The van der Waals surface area contributed by atoms with Gasteiger partial charge in [0.15, 0.2) is 0 Å². The van der Waals surface area contributed by atoms with Crippen LogP contribution in [0.15, 0.2) is 30.3 Å². The highest BCUT2D eigenvalue weighted by Gasteiger charge is 2.22. The Balaban J connectivity index is 2.26. The first-order chi connectivity index (χ1) is 9.56. The number of thioether (sulfide) groups is 1. The highest BCUT2D eigenvalue weighted by Crippen LogP contribution is 2.28. The fraction of sp³-hybridized carbons (Fsp3) is 0.647. The molecule has 0 heterocycles. The Morgan fingerprint density at radius 2 is 1.90 bits per heavy atom. The monoisotopic (exact) mass is 295 g/mol. The van der Waals surface area contributed by atoms with Crippen molar-refractivity contribution in [1.82, 2.24) is 5.32 Å². The lowest BCUT2D eigenvalue weighted by Gasteiger charge is -2.29. The van der Waals surface area contributed by atoms with Crippen LogP contribution in [0, 0.1) is 0 Å². The maximum atomic E-state index is 8.72. The first-order valence-electron chi connectivity index (χ1n) is 7.54. The highest BCUT2D eigenvalue weighted by molar-refractivity contribution is 7.99. The molecule has 2 N–H and O–H groups in total. The fourth-order valence-electron chi connectivity index (χ4n) is 2.49. The molecule has 0 aliphatic rings. The smallest absolute Gasteiger partial charge is 0.0438 e. The van der Waals surface area contributed by atoms with Gasteiger partial charge >= 0.3 is 0 Å². The van der Waals surface area contributed by atoms with Crippen LogP contribution in [0.4, 0.5) is 0 Å². The SMILES string of the molecule is CC(CC(C)(C)c1ccccc1)NCCSCCCO. The van der Waals surface area contributed by atoms with Gasteiger partial charge in [-0.15, -0.1) is 0 Å². The summed E-state index contributed by atoms with van der Waals surface area (Å²) in [5, 5.41) is 12.3. The average Bonchev–Trinajstić information content (AvgIpc) is 2.43. The summed E-state index contributed by atoms with van der Waals surface area (Å²) >= 11 is 1.91. The Kier molecular flexibility index (Phi) is 8.27. The predicted octanol–water partition coefficient (Wildman–Crippen LogP) is 3.45. The Labute approximate surface area is 128 Å². The molecular formula is C17H29NOS. The summed E-state index contributed by atoms with van der Waals surface area (Å²) in [6, 6.07) is 11.3. The molecule has 1 atom stereocenters. The summed E-state index contributed by atoms with van der Waals surface area (Å²) in [5.74, 6) is 2.18. The van der Waals surface area contributed by atoms with Gasteiger partial charge in [0.2, 0.25) is 0 Å². The molecule has 0 spiro atoms. The number of aliphatic hydroxyl groups is 1. The van der Waals surface area contributed by atoms with Crippen molar-refractivity contribution >= 4 is 11.8 Å². The molecule has 0 aromatic heterocycles. The quantitative estimate of drug-likeness (QED) is 0.649. The fourth-order valence-corrected chi connectivity index (χ4v) is 3.29. The summed E-state index contributed by atoms with van der Waals surface area (Å²) in [7, 11) is 0. The van der Waals surface area contributed by atoms with E-state index in [9.17, 15) is 0 Å². The van der Waals surface area contributed by atoms with Gasteiger partial charge in [-0.05, 0) is 36.5 Å². The van der Waals surface area contributed by atoms with E-state index >= 15 is 0 Å². The minimum absolute atomic E-state index is 0.206. The molecule has 0 amide bonds. The van der Waals surface area contributed by atoms with Crippen molar-refractivity contribution in [3.63, 3.8) is 0 Å². The second-order valence-electron chi connectivity index (χ2n) is 6.00. The number of benzene rings is 1. The lowest BCUT2D eigenvalue weighted by Crippen LogP contribution is -2.34. The number of rotatable bonds is 10. The van der Waals surface area contributed by atoms with Crippen LogP contribution in [0.5, 0.6) is 0 Å². The van der Waals surface area contributed by atoms with Gasteiger partial charge in [-0.3, -0.25) is 0 Å². The zero-order valence-electron chi connectivity index (χ0n) is 13.1. The zero-order valence-corrected chi connectivity index (χ0v) is 13.9. The molecule has 0 aliphatic carbocycles. The van der Waals surface area contributed by atoms with Gasteiger partial charge in [-0.25, -0.2) is 0 Å². The third-order valence-corrected chi connectivity index (χ3v) is 4.63. The molecule has 0 bridgehead atoms. The number of hydrogen-bond acceptors (Lipinski definition) is 3. The standard InChI is InChI=1S/C17H29NOS/c1-15(18-10-13-20-12-7-11-19)14-17(2,3)16-8-5-4-6-9-16/h4-6,8-9,15,18-19H,7,10-14H2,1-3H3. The Morgan fingerprint density at radius 3 is 2.55 bits per heavy atom. The second-order valence-corrected chi connectivity index (χ2v) is 7.22. The van der Waals surface area contributed by atoms with E-state index in [4.69, 9.17) is 5.11 Å².